The Bertz CT molecular complexity index is 775. The van der Waals surface area contributed by atoms with Gasteiger partial charge in [-0.25, -0.2) is 9.78 Å². The lowest BCUT2D eigenvalue weighted by Crippen LogP contribution is -2.42. The summed E-state index contributed by atoms with van der Waals surface area (Å²) in [6.07, 6.45) is 7.62. The van der Waals surface area contributed by atoms with Crippen LogP contribution in [0.15, 0.2) is 41.4 Å². The Hall–Kier alpha value is -2.48. The average molecular weight is 401 g/mol. The number of hydrogen-bond acceptors (Lipinski definition) is 6. The molecule has 1 saturated carbocycles. The van der Waals surface area contributed by atoms with E-state index < -0.39 is 0 Å². The number of carbonyl (C=O) groups is 1. The Morgan fingerprint density at radius 2 is 1.75 bits per heavy atom. The first-order valence-corrected chi connectivity index (χ1v) is 10.7. The maximum atomic E-state index is 12.2. The summed E-state index contributed by atoms with van der Waals surface area (Å²) < 4.78 is 0. The van der Waals surface area contributed by atoms with Crippen molar-refractivity contribution >= 4 is 35.2 Å². The van der Waals surface area contributed by atoms with Crippen molar-refractivity contribution in [2.75, 3.05) is 35.9 Å². The van der Waals surface area contributed by atoms with E-state index >= 15 is 0 Å². The van der Waals surface area contributed by atoms with Gasteiger partial charge in [0.1, 0.15) is 5.82 Å². The van der Waals surface area contributed by atoms with Crippen molar-refractivity contribution in [3.63, 3.8) is 0 Å². The second-order valence-corrected chi connectivity index (χ2v) is 8.03. The third-order valence-corrected chi connectivity index (χ3v) is 5.59. The number of thioether (sulfide) groups is 1. The molecule has 0 spiro atoms. The van der Waals surface area contributed by atoms with Crippen molar-refractivity contribution in [3.8, 4) is 0 Å². The minimum atomic E-state index is -0.143. The van der Waals surface area contributed by atoms with Gasteiger partial charge in [0.15, 0.2) is 0 Å². The van der Waals surface area contributed by atoms with Crippen LogP contribution in [0.5, 0.6) is 0 Å². The predicted molar refractivity (Wildman–Crippen MR) is 116 cm³/mol. The van der Waals surface area contributed by atoms with Gasteiger partial charge < -0.3 is 20.9 Å². The zero-order chi connectivity index (χ0) is 19.9. The van der Waals surface area contributed by atoms with Gasteiger partial charge in [0.2, 0.25) is 5.95 Å². The molecule has 0 bridgehead atoms. The van der Waals surface area contributed by atoms with Gasteiger partial charge >= 0.3 is 6.03 Å². The number of anilines is 3. The Labute approximate surface area is 170 Å². The van der Waals surface area contributed by atoms with Gasteiger partial charge in [-0.2, -0.15) is 4.98 Å². The number of carbonyl (C=O) groups excluding carboxylic acids is 1. The first-order valence-electron chi connectivity index (χ1n) is 9.52. The van der Waals surface area contributed by atoms with Gasteiger partial charge in [-0.15, -0.1) is 11.8 Å². The molecule has 3 N–H and O–H groups in total. The smallest absolute Gasteiger partial charge is 0.319 e. The lowest BCUT2D eigenvalue weighted by atomic mass is 9.91. The summed E-state index contributed by atoms with van der Waals surface area (Å²) in [4.78, 5) is 24.2. The molecule has 3 rings (SSSR count). The van der Waals surface area contributed by atoms with Crippen LogP contribution in [-0.4, -0.2) is 48.4 Å². The Morgan fingerprint density at radius 1 is 1.07 bits per heavy atom. The quantitative estimate of drug-likeness (QED) is 0.640. The topological polar surface area (TPSA) is 82.2 Å². The molecule has 1 heterocycles. The number of hydrogen-bond donors (Lipinski definition) is 3. The number of nitrogens with zero attached hydrogens (tertiary/aromatic N) is 3. The van der Waals surface area contributed by atoms with Crippen molar-refractivity contribution in [2.45, 2.75) is 42.7 Å². The van der Waals surface area contributed by atoms with Crippen molar-refractivity contribution in [1.29, 1.82) is 0 Å². The third kappa shape index (κ3) is 5.76. The van der Waals surface area contributed by atoms with Crippen LogP contribution in [0.2, 0.25) is 0 Å². The highest BCUT2D eigenvalue weighted by molar-refractivity contribution is 7.98. The number of nitrogens with one attached hydrogen (secondary N) is 3. The Kier molecular flexibility index (Phi) is 6.97. The Balaban J connectivity index is 1.43. The molecule has 0 radical (unpaired) electrons. The van der Waals surface area contributed by atoms with Crippen LogP contribution in [0.4, 0.5) is 22.2 Å². The van der Waals surface area contributed by atoms with Crippen LogP contribution in [0.3, 0.4) is 0 Å². The summed E-state index contributed by atoms with van der Waals surface area (Å²) in [5.41, 5.74) is 0.809. The Morgan fingerprint density at radius 3 is 2.39 bits per heavy atom. The molecule has 2 amide bonds. The summed E-state index contributed by atoms with van der Waals surface area (Å²) in [5, 5.41) is 9.41. The van der Waals surface area contributed by atoms with E-state index in [1.165, 1.54) is 4.90 Å². The summed E-state index contributed by atoms with van der Waals surface area (Å²) in [7, 11) is 3.93. The van der Waals surface area contributed by atoms with Crippen LogP contribution in [-0.2, 0) is 0 Å². The number of benzene rings is 1. The van der Waals surface area contributed by atoms with Crippen molar-refractivity contribution in [2.24, 2.45) is 0 Å². The normalized spacial score (nSPS) is 19.0. The molecule has 0 saturated heterocycles. The van der Waals surface area contributed by atoms with Crippen LogP contribution < -0.4 is 20.9 Å². The standard InChI is InChI=1S/C20H28N6OS/c1-26(2)18-12-13-21-19(25-18)22-14-4-6-15(7-5-14)23-20(27)24-16-8-10-17(28-3)11-9-16/h8-15H,4-7H2,1-3H3,(H,21,22,25)(H2,23,24,27). The molecule has 2 aromatic rings. The highest BCUT2D eigenvalue weighted by atomic mass is 32.2. The second kappa shape index (κ2) is 9.64. The number of urea groups is 1. The van der Waals surface area contributed by atoms with E-state index in [4.69, 9.17) is 0 Å². The molecule has 0 unspecified atom stereocenters. The van der Waals surface area contributed by atoms with Crippen LogP contribution in [0.1, 0.15) is 25.7 Å². The van der Waals surface area contributed by atoms with Crippen LogP contribution in [0, 0.1) is 0 Å². The molecule has 0 atom stereocenters. The van der Waals surface area contributed by atoms with Gasteiger partial charge in [0.05, 0.1) is 0 Å². The third-order valence-electron chi connectivity index (χ3n) is 4.84. The highest BCUT2D eigenvalue weighted by Crippen LogP contribution is 2.22. The minimum absolute atomic E-state index is 0.143. The van der Waals surface area contributed by atoms with E-state index in [1.54, 1.807) is 18.0 Å². The maximum Gasteiger partial charge on any atom is 0.319 e. The molecule has 1 aliphatic rings. The number of aromatic nitrogens is 2. The average Bonchev–Trinajstić information content (AvgIpc) is 2.70. The summed E-state index contributed by atoms with van der Waals surface area (Å²) in [5.74, 6) is 1.55. The van der Waals surface area contributed by atoms with Crippen LogP contribution >= 0.6 is 11.8 Å². The fraction of sp³-hybridized carbons (Fsp3) is 0.450. The molecular formula is C20H28N6OS. The van der Waals surface area contributed by atoms with Gasteiger partial charge in [-0.05, 0) is 62.3 Å². The predicted octanol–water partition coefficient (Wildman–Crippen LogP) is 3.81. The van der Waals surface area contributed by atoms with E-state index in [1.807, 2.05) is 55.6 Å². The molecule has 150 valence electrons. The summed E-state index contributed by atoms with van der Waals surface area (Å²) in [6.45, 7) is 0. The fourth-order valence-electron chi connectivity index (χ4n) is 3.26. The van der Waals surface area contributed by atoms with E-state index in [-0.39, 0.29) is 12.1 Å². The molecule has 8 heteroatoms. The van der Waals surface area contributed by atoms with Gasteiger partial charge in [0.25, 0.3) is 0 Å². The van der Waals surface area contributed by atoms with Crippen LogP contribution in [0.25, 0.3) is 0 Å². The zero-order valence-electron chi connectivity index (χ0n) is 16.6. The zero-order valence-corrected chi connectivity index (χ0v) is 17.4. The first-order chi connectivity index (χ1) is 13.5. The minimum Gasteiger partial charge on any atom is -0.363 e. The number of rotatable bonds is 6. The molecule has 1 aliphatic carbocycles. The SMILES string of the molecule is CSc1ccc(NC(=O)NC2CCC(Nc3nccc(N(C)C)n3)CC2)cc1. The van der Waals surface area contributed by atoms with Gasteiger partial charge in [0, 0.05) is 43.0 Å². The monoisotopic (exact) mass is 400 g/mol. The fourth-order valence-corrected chi connectivity index (χ4v) is 3.67. The largest absolute Gasteiger partial charge is 0.363 e. The van der Waals surface area contributed by atoms with Gasteiger partial charge in [-0.3, -0.25) is 0 Å². The lowest BCUT2D eigenvalue weighted by Gasteiger charge is -2.29. The van der Waals surface area contributed by atoms with Crippen molar-refractivity contribution < 1.29 is 4.79 Å². The molecule has 0 aliphatic heterocycles. The van der Waals surface area contributed by atoms with Crippen molar-refractivity contribution in [1.82, 2.24) is 15.3 Å². The van der Waals surface area contributed by atoms with Crippen molar-refractivity contribution in [3.05, 3.63) is 36.5 Å². The van der Waals surface area contributed by atoms with E-state index in [0.29, 0.717) is 12.0 Å². The molecule has 1 aromatic heterocycles. The lowest BCUT2D eigenvalue weighted by molar-refractivity contribution is 0.243. The molecule has 28 heavy (non-hydrogen) atoms. The van der Waals surface area contributed by atoms with Gasteiger partial charge in [-0.1, -0.05) is 0 Å². The number of amides is 2. The first kappa shape index (κ1) is 20.3. The maximum absolute atomic E-state index is 12.2. The highest BCUT2D eigenvalue weighted by Gasteiger charge is 2.23. The second-order valence-electron chi connectivity index (χ2n) is 7.15. The molecule has 1 fully saturated rings. The van der Waals surface area contributed by atoms with E-state index in [2.05, 4.69) is 25.9 Å². The molecular weight excluding hydrogens is 372 g/mol. The molecule has 7 nitrogen and oxygen atoms in total. The summed E-state index contributed by atoms with van der Waals surface area (Å²) in [6, 6.07) is 10.1. The molecule has 1 aromatic carbocycles. The van der Waals surface area contributed by atoms with E-state index in [9.17, 15) is 4.79 Å². The van der Waals surface area contributed by atoms with E-state index in [0.717, 1.165) is 37.2 Å². The summed E-state index contributed by atoms with van der Waals surface area (Å²) >= 11 is 1.68.